The molecule has 130 valence electrons. The van der Waals surface area contributed by atoms with Gasteiger partial charge in [-0.3, -0.25) is 9.59 Å². The van der Waals surface area contributed by atoms with Crippen molar-refractivity contribution in [2.24, 2.45) is 0 Å². The monoisotopic (exact) mass is 362 g/mol. The van der Waals surface area contributed by atoms with Gasteiger partial charge in [-0.25, -0.2) is 8.78 Å². The normalized spacial score (nSPS) is 10.7. The van der Waals surface area contributed by atoms with Crippen molar-refractivity contribution in [3.8, 4) is 0 Å². The van der Waals surface area contributed by atoms with Gasteiger partial charge in [0.1, 0.15) is 11.6 Å². The molecular formula is C18H16F2N2O2S. The van der Waals surface area contributed by atoms with E-state index in [4.69, 9.17) is 0 Å². The first kappa shape index (κ1) is 18.7. The van der Waals surface area contributed by atoms with Crippen LogP contribution in [0.3, 0.4) is 0 Å². The maximum absolute atomic E-state index is 13.5. The Morgan fingerprint density at radius 1 is 1.04 bits per heavy atom. The summed E-state index contributed by atoms with van der Waals surface area (Å²) in [6, 6.07) is 10.2. The van der Waals surface area contributed by atoms with E-state index in [9.17, 15) is 18.4 Å². The average molecular weight is 362 g/mol. The molecule has 0 saturated carbocycles. The van der Waals surface area contributed by atoms with E-state index < -0.39 is 17.5 Å². The lowest BCUT2D eigenvalue weighted by atomic mass is 10.2. The maximum Gasteiger partial charge on any atom is 0.285 e. The van der Waals surface area contributed by atoms with E-state index in [1.807, 2.05) is 0 Å². The summed E-state index contributed by atoms with van der Waals surface area (Å²) in [5.41, 5.74) is 0.233. The molecule has 0 saturated heterocycles. The third kappa shape index (κ3) is 5.42. The van der Waals surface area contributed by atoms with Gasteiger partial charge in [-0.1, -0.05) is 6.07 Å². The van der Waals surface area contributed by atoms with E-state index in [1.165, 1.54) is 11.0 Å². The molecule has 2 amide bonds. The molecule has 0 unspecified atom stereocenters. The Morgan fingerprint density at radius 3 is 2.20 bits per heavy atom. The van der Waals surface area contributed by atoms with Crippen LogP contribution in [0.1, 0.15) is 5.56 Å². The molecular weight excluding hydrogens is 346 g/mol. The van der Waals surface area contributed by atoms with E-state index in [0.29, 0.717) is 5.69 Å². The third-order valence-electron chi connectivity index (χ3n) is 3.09. The zero-order valence-electron chi connectivity index (χ0n) is 13.6. The third-order valence-corrected chi connectivity index (χ3v) is 4.14. The van der Waals surface area contributed by atoms with Crippen molar-refractivity contribution in [3.63, 3.8) is 0 Å². The van der Waals surface area contributed by atoms with Gasteiger partial charge in [0, 0.05) is 36.3 Å². The number of nitrogens with zero attached hydrogens (tertiary/aromatic N) is 1. The van der Waals surface area contributed by atoms with Crippen LogP contribution < -0.4 is 5.32 Å². The van der Waals surface area contributed by atoms with Gasteiger partial charge in [-0.15, -0.1) is 0 Å². The number of carbonyl (C=O) groups excluding carboxylic acids is 2. The summed E-state index contributed by atoms with van der Waals surface area (Å²) in [6.45, 7) is 0. The predicted molar refractivity (Wildman–Crippen MR) is 95.4 cm³/mol. The molecule has 0 spiro atoms. The molecule has 25 heavy (non-hydrogen) atoms. The number of halogens is 2. The molecule has 0 aliphatic rings. The number of nitrogens with one attached hydrogen (secondary N) is 1. The molecule has 2 aromatic carbocycles. The van der Waals surface area contributed by atoms with E-state index in [1.54, 1.807) is 38.4 Å². The highest BCUT2D eigenvalue weighted by Crippen LogP contribution is 2.22. The summed E-state index contributed by atoms with van der Waals surface area (Å²) in [5.74, 6) is -2.00. The van der Waals surface area contributed by atoms with Crippen molar-refractivity contribution in [1.82, 2.24) is 4.90 Å². The van der Waals surface area contributed by atoms with Crippen LogP contribution in [0.5, 0.6) is 0 Å². The molecule has 0 aliphatic heterocycles. The lowest BCUT2D eigenvalue weighted by Gasteiger charge is -2.09. The van der Waals surface area contributed by atoms with Gasteiger partial charge in [0.2, 0.25) is 5.91 Å². The molecule has 0 bridgehead atoms. The summed E-state index contributed by atoms with van der Waals surface area (Å²) in [5, 5.41) is 2.47. The zero-order valence-corrected chi connectivity index (χ0v) is 14.4. The topological polar surface area (TPSA) is 49.4 Å². The van der Waals surface area contributed by atoms with Crippen LogP contribution >= 0.6 is 11.8 Å². The Morgan fingerprint density at radius 2 is 1.64 bits per heavy atom. The molecule has 4 nitrogen and oxygen atoms in total. The summed E-state index contributed by atoms with van der Waals surface area (Å²) < 4.78 is 27.0. The first-order chi connectivity index (χ1) is 11.9. The standard InChI is InChI=1S/C18H16F2N2O2S/c1-22(2)18(24)25-13-8-6-12(7-9-13)21-17(23)11-10-14-15(19)4-3-5-16(14)20/h3-11H,1-2H3,(H,21,23). The second-order valence-electron chi connectivity index (χ2n) is 5.24. The summed E-state index contributed by atoms with van der Waals surface area (Å²) in [7, 11) is 3.32. The van der Waals surface area contributed by atoms with Crippen molar-refractivity contribution in [1.29, 1.82) is 0 Å². The van der Waals surface area contributed by atoms with E-state index in [-0.39, 0.29) is 10.8 Å². The summed E-state index contributed by atoms with van der Waals surface area (Å²) >= 11 is 1.07. The van der Waals surface area contributed by atoms with Crippen molar-refractivity contribution < 1.29 is 18.4 Å². The first-order valence-corrected chi connectivity index (χ1v) is 8.11. The van der Waals surface area contributed by atoms with Crippen LogP contribution in [0.25, 0.3) is 6.08 Å². The number of thioether (sulfide) groups is 1. The lowest BCUT2D eigenvalue weighted by molar-refractivity contribution is -0.111. The Bertz CT molecular complexity index is 785. The van der Waals surface area contributed by atoms with Gasteiger partial charge in [-0.2, -0.15) is 0 Å². The Hall–Kier alpha value is -2.67. The molecule has 0 radical (unpaired) electrons. The maximum atomic E-state index is 13.5. The van der Waals surface area contributed by atoms with E-state index >= 15 is 0 Å². The van der Waals surface area contributed by atoms with E-state index in [2.05, 4.69) is 5.32 Å². The number of carbonyl (C=O) groups is 2. The highest BCUT2D eigenvalue weighted by Gasteiger charge is 2.08. The second-order valence-corrected chi connectivity index (χ2v) is 6.27. The number of amides is 2. The minimum Gasteiger partial charge on any atom is -0.339 e. The molecule has 0 atom stereocenters. The number of hydrogen-bond acceptors (Lipinski definition) is 3. The smallest absolute Gasteiger partial charge is 0.285 e. The van der Waals surface area contributed by atoms with Crippen LogP contribution in [-0.2, 0) is 4.79 Å². The molecule has 1 N–H and O–H groups in total. The SMILES string of the molecule is CN(C)C(=O)Sc1ccc(NC(=O)C=Cc2c(F)cccc2F)cc1. The van der Waals surface area contributed by atoms with Crippen LogP contribution in [0.4, 0.5) is 19.3 Å². The van der Waals surface area contributed by atoms with Gasteiger partial charge < -0.3 is 10.2 Å². The number of hydrogen-bond donors (Lipinski definition) is 1. The van der Waals surface area contributed by atoms with Gasteiger partial charge >= 0.3 is 0 Å². The van der Waals surface area contributed by atoms with Crippen LogP contribution in [-0.4, -0.2) is 30.1 Å². The fourth-order valence-corrected chi connectivity index (χ4v) is 2.47. The molecule has 7 heteroatoms. The van der Waals surface area contributed by atoms with Crippen molar-refractivity contribution in [3.05, 3.63) is 65.7 Å². The van der Waals surface area contributed by atoms with Gasteiger partial charge in [-0.05, 0) is 54.2 Å². The molecule has 0 heterocycles. The van der Waals surface area contributed by atoms with E-state index in [0.717, 1.165) is 40.9 Å². The second kappa shape index (κ2) is 8.43. The summed E-state index contributed by atoms with van der Waals surface area (Å²) in [6.07, 6.45) is 2.14. The Labute approximate surface area is 148 Å². The first-order valence-electron chi connectivity index (χ1n) is 7.29. The average Bonchev–Trinajstić information content (AvgIpc) is 2.56. The molecule has 2 rings (SSSR count). The number of rotatable bonds is 4. The number of benzene rings is 2. The minimum absolute atomic E-state index is 0.105. The number of anilines is 1. The fraction of sp³-hybridized carbons (Fsp3) is 0.111. The van der Waals surface area contributed by atoms with Gasteiger partial charge in [0.15, 0.2) is 0 Å². The largest absolute Gasteiger partial charge is 0.339 e. The Kier molecular flexibility index (Phi) is 6.30. The van der Waals surface area contributed by atoms with Crippen molar-refractivity contribution in [2.45, 2.75) is 4.90 Å². The highest BCUT2D eigenvalue weighted by molar-refractivity contribution is 8.13. The zero-order chi connectivity index (χ0) is 18.4. The minimum atomic E-state index is -0.740. The van der Waals surface area contributed by atoms with Gasteiger partial charge in [0.25, 0.3) is 5.24 Å². The van der Waals surface area contributed by atoms with Crippen LogP contribution in [0.15, 0.2) is 53.4 Å². The van der Waals surface area contributed by atoms with Crippen molar-refractivity contribution in [2.75, 3.05) is 19.4 Å². The molecule has 2 aromatic rings. The molecule has 0 aromatic heterocycles. The highest BCUT2D eigenvalue weighted by atomic mass is 32.2. The quantitative estimate of drug-likeness (QED) is 0.648. The van der Waals surface area contributed by atoms with Crippen molar-refractivity contribution >= 4 is 34.7 Å². The van der Waals surface area contributed by atoms with Crippen LogP contribution in [0, 0.1) is 11.6 Å². The molecule has 0 aliphatic carbocycles. The van der Waals surface area contributed by atoms with Crippen LogP contribution in [0.2, 0.25) is 0 Å². The Balaban J connectivity index is 1.99. The van der Waals surface area contributed by atoms with Gasteiger partial charge in [0.05, 0.1) is 0 Å². The predicted octanol–water partition coefficient (Wildman–Crippen LogP) is 4.39. The fourth-order valence-electron chi connectivity index (χ4n) is 1.81. The molecule has 0 fully saturated rings. The summed E-state index contributed by atoms with van der Waals surface area (Å²) in [4.78, 5) is 25.7. The lowest BCUT2D eigenvalue weighted by Crippen LogP contribution is -2.16.